The van der Waals surface area contributed by atoms with E-state index < -0.39 is 5.54 Å². The molecule has 1 aromatic carbocycles. The van der Waals surface area contributed by atoms with E-state index in [-0.39, 0.29) is 17.9 Å². The first-order chi connectivity index (χ1) is 12.6. The van der Waals surface area contributed by atoms with E-state index in [1.807, 2.05) is 6.07 Å². The van der Waals surface area contributed by atoms with E-state index >= 15 is 0 Å². The van der Waals surface area contributed by atoms with Crippen molar-refractivity contribution in [2.24, 2.45) is 5.92 Å². The number of hydrogen-bond donors (Lipinski definition) is 1. The number of hydrogen-bond acceptors (Lipinski definition) is 3. The molecule has 138 valence electrons. The summed E-state index contributed by atoms with van der Waals surface area (Å²) in [6, 6.07) is 10.2. The van der Waals surface area contributed by atoms with Gasteiger partial charge in [0.25, 0.3) is 5.91 Å². The van der Waals surface area contributed by atoms with Gasteiger partial charge in [-0.25, -0.2) is 9.69 Å². The summed E-state index contributed by atoms with van der Waals surface area (Å²) in [6.07, 6.45) is 7.09. The maximum absolute atomic E-state index is 13.1. The van der Waals surface area contributed by atoms with E-state index in [0.29, 0.717) is 6.67 Å². The minimum atomic E-state index is -0.657. The van der Waals surface area contributed by atoms with E-state index in [2.05, 4.69) is 47.5 Å². The van der Waals surface area contributed by atoms with Gasteiger partial charge < -0.3 is 5.32 Å². The monoisotopic (exact) mass is 353 g/mol. The molecule has 1 saturated carbocycles. The fourth-order valence-electron chi connectivity index (χ4n) is 4.58. The molecule has 3 aliphatic rings. The molecule has 2 atom stereocenters. The Balaban J connectivity index is 1.43. The summed E-state index contributed by atoms with van der Waals surface area (Å²) in [4.78, 5) is 29.2. The molecule has 5 heteroatoms. The smallest absolute Gasteiger partial charge is 0.323 e. The Morgan fingerprint density at radius 2 is 2.00 bits per heavy atom. The first kappa shape index (κ1) is 17.3. The Bertz CT molecular complexity index is 730. The molecule has 1 aromatic rings. The minimum Gasteiger partial charge on any atom is -0.323 e. The lowest BCUT2D eigenvalue weighted by Gasteiger charge is -2.37. The second-order valence-corrected chi connectivity index (χ2v) is 7.85. The van der Waals surface area contributed by atoms with Gasteiger partial charge in [0.05, 0.1) is 6.67 Å². The third-order valence-electron chi connectivity index (χ3n) is 6.28. The van der Waals surface area contributed by atoms with Gasteiger partial charge in [-0.05, 0) is 36.3 Å². The number of carbonyl (C=O) groups is 2. The zero-order chi connectivity index (χ0) is 18.1. The van der Waals surface area contributed by atoms with Crippen molar-refractivity contribution in [3.63, 3.8) is 0 Å². The highest BCUT2D eigenvalue weighted by Gasteiger charge is 2.55. The zero-order valence-electron chi connectivity index (χ0n) is 15.4. The number of benzene rings is 1. The fourth-order valence-corrected chi connectivity index (χ4v) is 4.58. The third kappa shape index (κ3) is 2.94. The van der Waals surface area contributed by atoms with Gasteiger partial charge in [-0.2, -0.15) is 0 Å². The Morgan fingerprint density at radius 3 is 2.69 bits per heavy atom. The van der Waals surface area contributed by atoms with Crippen LogP contribution in [0, 0.1) is 5.92 Å². The fraction of sp³-hybridized carbons (Fsp3) is 0.524. The van der Waals surface area contributed by atoms with Gasteiger partial charge in [-0.1, -0.05) is 56.2 Å². The highest BCUT2D eigenvalue weighted by Crippen LogP contribution is 2.38. The van der Waals surface area contributed by atoms with Crippen LogP contribution in [0.2, 0.25) is 0 Å². The van der Waals surface area contributed by atoms with Crippen molar-refractivity contribution >= 4 is 17.5 Å². The van der Waals surface area contributed by atoms with E-state index in [0.717, 1.165) is 45.2 Å². The molecule has 2 fully saturated rings. The minimum absolute atomic E-state index is 0.0208. The SMILES string of the molecule is C[C@H]1CCCC[C@]12NC(=O)N(CN1CC=C(c3ccccc3)CC1)C2=O. The van der Waals surface area contributed by atoms with E-state index in [1.54, 1.807) is 0 Å². The highest BCUT2D eigenvalue weighted by atomic mass is 16.2. The lowest BCUT2D eigenvalue weighted by atomic mass is 9.73. The maximum atomic E-state index is 13.1. The van der Waals surface area contributed by atoms with Crippen LogP contribution in [0.1, 0.15) is 44.6 Å². The van der Waals surface area contributed by atoms with Crippen LogP contribution >= 0.6 is 0 Å². The quantitative estimate of drug-likeness (QED) is 0.849. The number of nitrogens with one attached hydrogen (secondary N) is 1. The molecule has 5 nitrogen and oxygen atoms in total. The van der Waals surface area contributed by atoms with Crippen LogP contribution < -0.4 is 5.32 Å². The molecule has 2 aliphatic heterocycles. The van der Waals surface area contributed by atoms with Crippen molar-refractivity contribution in [2.75, 3.05) is 19.8 Å². The van der Waals surface area contributed by atoms with Gasteiger partial charge in [-0.3, -0.25) is 9.69 Å². The topological polar surface area (TPSA) is 52.7 Å². The molecule has 1 spiro atoms. The van der Waals surface area contributed by atoms with Crippen LogP contribution in [0.15, 0.2) is 36.4 Å². The van der Waals surface area contributed by atoms with Crippen molar-refractivity contribution < 1.29 is 9.59 Å². The summed E-state index contributed by atoms with van der Waals surface area (Å²) in [5, 5.41) is 3.04. The second kappa shape index (κ2) is 6.88. The standard InChI is InChI=1S/C21H27N3O2/c1-16-7-5-6-12-21(16)19(25)24(20(26)22-21)15-23-13-10-18(11-14-23)17-8-3-2-4-9-17/h2-4,8-10,16H,5-7,11-15H2,1H3,(H,22,26)/t16-,21-/m0/s1. The Kier molecular flexibility index (Phi) is 4.57. The van der Waals surface area contributed by atoms with Crippen LogP contribution in [0.5, 0.6) is 0 Å². The lowest BCUT2D eigenvalue weighted by Crippen LogP contribution is -2.54. The average molecular weight is 353 g/mol. The number of nitrogens with zero attached hydrogens (tertiary/aromatic N) is 2. The molecule has 1 saturated heterocycles. The molecule has 3 amide bonds. The summed E-state index contributed by atoms with van der Waals surface area (Å²) >= 11 is 0. The molecular formula is C21H27N3O2. The third-order valence-corrected chi connectivity index (χ3v) is 6.28. The van der Waals surface area contributed by atoms with E-state index in [1.165, 1.54) is 16.0 Å². The Morgan fingerprint density at radius 1 is 1.19 bits per heavy atom. The second-order valence-electron chi connectivity index (χ2n) is 7.85. The zero-order valence-corrected chi connectivity index (χ0v) is 15.4. The largest absolute Gasteiger partial charge is 0.326 e. The van der Waals surface area contributed by atoms with Crippen LogP contribution in [-0.4, -0.2) is 47.0 Å². The molecular weight excluding hydrogens is 326 g/mol. The van der Waals surface area contributed by atoms with Crippen molar-refractivity contribution in [3.05, 3.63) is 42.0 Å². The number of urea groups is 1. The van der Waals surface area contributed by atoms with Crippen molar-refractivity contribution in [3.8, 4) is 0 Å². The Hall–Kier alpha value is -2.14. The van der Waals surface area contributed by atoms with Crippen LogP contribution in [0.4, 0.5) is 4.79 Å². The van der Waals surface area contributed by atoms with Crippen molar-refractivity contribution in [1.82, 2.24) is 15.1 Å². The first-order valence-electron chi connectivity index (χ1n) is 9.71. The summed E-state index contributed by atoms with van der Waals surface area (Å²) in [5.74, 6) is 0.191. The van der Waals surface area contributed by atoms with E-state index in [9.17, 15) is 9.59 Å². The van der Waals surface area contributed by atoms with E-state index in [4.69, 9.17) is 0 Å². The molecule has 26 heavy (non-hydrogen) atoms. The molecule has 1 N–H and O–H groups in total. The maximum Gasteiger partial charge on any atom is 0.326 e. The summed E-state index contributed by atoms with van der Waals surface area (Å²) in [7, 11) is 0. The van der Waals surface area contributed by atoms with Gasteiger partial charge in [0.1, 0.15) is 5.54 Å². The van der Waals surface area contributed by atoms with Crippen molar-refractivity contribution in [2.45, 2.75) is 44.6 Å². The molecule has 0 unspecified atom stereocenters. The predicted octanol–water partition coefficient (Wildman–Crippen LogP) is 3.23. The van der Waals surface area contributed by atoms with Crippen LogP contribution in [-0.2, 0) is 4.79 Å². The molecule has 1 aliphatic carbocycles. The summed E-state index contributed by atoms with van der Waals surface area (Å²) < 4.78 is 0. The highest BCUT2D eigenvalue weighted by molar-refractivity contribution is 6.07. The van der Waals surface area contributed by atoms with Gasteiger partial charge in [0.2, 0.25) is 0 Å². The number of rotatable bonds is 3. The van der Waals surface area contributed by atoms with Gasteiger partial charge >= 0.3 is 6.03 Å². The summed E-state index contributed by atoms with van der Waals surface area (Å²) in [5.41, 5.74) is 1.95. The number of amides is 3. The van der Waals surface area contributed by atoms with Crippen LogP contribution in [0.3, 0.4) is 0 Å². The molecule has 0 bridgehead atoms. The van der Waals surface area contributed by atoms with Gasteiger partial charge in [-0.15, -0.1) is 0 Å². The summed E-state index contributed by atoms with van der Waals surface area (Å²) in [6.45, 7) is 4.11. The van der Waals surface area contributed by atoms with Crippen molar-refractivity contribution in [1.29, 1.82) is 0 Å². The molecule has 2 heterocycles. The van der Waals surface area contributed by atoms with Gasteiger partial charge in [0, 0.05) is 13.1 Å². The van der Waals surface area contributed by atoms with Crippen LogP contribution in [0.25, 0.3) is 5.57 Å². The predicted molar refractivity (Wildman–Crippen MR) is 101 cm³/mol. The average Bonchev–Trinajstić information content (AvgIpc) is 2.90. The molecule has 4 rings (SSSR count). The van der Waals surface area contributed by atoms with Gasteiger partial charge in [0.15, 0.2) is 0 Å². The lowest BCUT2D eigenvalue weighted by molar-refractivity contribution is -0.135. The number of carbonyl (C=O) groups excluding carboxylic acids is 2. The molecule has 0 aromatic heterocycles. The Labute approximate surface area is 155 Å². The number of imide groups is 1. The molecule has 0 radical (unpaired) electrons. The first-order valence-corrected chi connectivity index (χ1v) is 9.71. The normalized spacial score (nSPS) is 29.8.